The first kappa shape index (κ1) is 13.2. The average Bonchev–Trinajstić information content (AvgIpc) is 2.40. The minimum absolute atomic E-state index is 0.0546. The van der Waals surface area contributed by atoms with Crippen LogP contribution in [-0.4, -0.2) is 0 Å². The summed E-state index contributed by atoms with van der Waals surface area (Å²) < 4.78 is 0. The molecule has 0 N–H and O–H groups in total. The van der Waals surface area contributed by atoms with Gasteiger partial charge in [0.2, 0.25) is 0 Å². The molecule has 0 spiro atoms. The highest BCUT2D eigenvalue weighted by Gasteiger charge is 2.15. The summed E-state index contributed by atoms with van der Waals surface area (Å²) in [6.07, 6.45) is 1.02. The van der Waals surface area contributed by atoms with Gasteiger partial charge in [0.05, 0.1) is 5.38 Å². The fraction of sp³-hybridized carbons (Fsp3) is 0.294. The van der Waals surface area contributed by atoms with E-state index in [0.29, 0.717) is 0 Å². The molecule has 0 saturated carbocycles. The average molecular weight is 259 g/mol. The molecule has 1 unspecified atom stereocenters. The molecule has 2 rings (SSSR count). The van der Waals surface area contributed by atoms with E-state index < -0.39 is 0 Å². The highest BCUT2D eigenvalue weighted by molar-refractivity contribution is 6.22. The molecule has 0 aliphatic heterocycles. The van der Waals surface area contributed by atoms with Gasteiger partial charge in [-0.15, -0.1) is 11.6 Å². The molecule has 0 radical (unpaired) electrons. The van der Waals surface area contributed by atoms with Crippen LogP contribution in [0.4, 0.5) is 0 Å². The Morgan fingerprint density at radius 3 is 2.44 bits per heavy atom. The highest BCUT2D eigenvalue weighted by atomic mass is 35.5. The Labute approximate surface area is 115 Å². The van der Waals surface area contributed by atoms with E-state index in [2.05, 4.69) is 63.2 Å². The van der Waals surface area contributed by atoms with Crippen molar-refractivity contribution in [3.63, 3.8) is 0 Å². The summed E-state index contributed by atoms with van der Waals surface area (Å²) >= 11 is 6.69. The van der Waals surface area contributed by atoms with Crippen LogP contribution in [0.2, 0.25) is 0 Å². The molecule has 0 fully saturated rings. The van der Waals surface area contributed by atoms with Crippen molar-refractivity contribution < 1.29 is 0 Å². The van der Waals surface area contributed by atoms with E-state index in [1.165, 1.54) is 27.8 Å². The Bertz CT molecular complexity index is 543. The zero-order valence-electron chi connectivity index (χ0n) is 11.2. The maximum Gasteiger partial charge on any atom is 0.0840 e. The van der Waals surface area contributed by atoms with Gasteiger partial charge in [0, 0.05) is 0 Å². The van der Waals surface area contributed by atoms with Crippen LogP contribution in [0.15, 0.2) is 42.5 Å². The number of alkyl halides is 1. The fourth-order valence-corrected chi connectivity index (χ4v) is 2.75. The van der Waals surface area contributed by atoms with Gasteiger partial charge >= 0.3 is 0 Å². The first-order valence-electron chi connectivity index (χ1n) is 6.42. The third-order valence-electron chi connectivity index (χ3n) is 3.42. The van der Waals surface area contributed by atoms with Gasteiger partial charge in [-0.25, -0.2) is 0 Å². The number of aryl methyl sites for hydroxylation is 3. The van der Waals surface area contributed by atoms with Gasteiger partial charge in [-0.2, -0.15) is 0 Å². The summed E-state index contributed by atoms with van der Waals surface area (Å²) in [7, 11) is 0. The molecule has 2 aromatic carbocycles. The van der Waals surface area contributed by atoms with E-state index in [0.717, 1.165) is 6.42 Å². The van der Waals surface area contributed by atoms with Crippen molar-refractivity contribution in [2.24, 2.45) is 0 Å². The zero-order chi connectivity index (χ0) is 13.1. The van der Waals surface area contributed by atoms with Gasteiger partial charge in [-0.05, 0) is 42.5 Å². The van der Waals surface area contributed by atoms with Crippen molar-refractivity contribution in [3.05, 3.63) is 70.3 Å². The van der Waals surface area contributed by atoms with E-state index in [1.807, 2.05) is 0 Å². The monoisotopic (exact) mass is 258 g/mol. The SMILES string of the molecule is CCc1ccccc1C(Cl)c1cc(C)ccc1C. The summed E-state index contributed by atoms with van der Waals surface area (Å²) in [5.74, 6) is 0. The number of halogens is 1. The smallest absolute Gasteiger partial charge is 0.0840 e. The van der Waals surface area contributed by atoms with E-state index >= 15 is 0 Å². The van der Waals surface area contributed by atoms with Crippen molar-refractivity contribution >= 4 is 11.6 Å². The van der Waals surface area contributed by atoms with Crippen molar-refractivity contribution in [1.82, 2.24) is 0 Å². The lowest BCUT2D eigenvalue weighted by Gasteiger charge is -2.17. The lowest BCUT2D eigenvalue weighted by atomic mass is 9.94. The second-order valence-corrected chi connectivity index (χ2v) is 5.21. The van der Waals surface area contributed by atoms with Crippen LogP contribution in [0.1, 0.15) is 40.1 Å². The quantitative estimate of drug-likeness (QED) is 0.665. The molecule has 18 heavy (non-hydrogen) atoms. The van der Waals surface area contributed by atoms with Gasteiger partial charge in [0.15, 0.2) is 0 Å². The second-order valence-electron chi connectivity index (χ2n) is 4.77. The lowest BCUT2D eigenvalue weighted by Crippen LogP contribution is -2.00. The van der Waals surface area contributed by atoms with Crippen LogP contribution in [0.5, 0.6) is 0 Å². The first-order valence-corrected chi connectivity index (χ1v) is 6.86. The molecule has 94 valence electrons. The van der Waals surface area contributed by atoms with Crippen molar-refractivity contribution in [3.8, 4) is 0 Å². The van der Waals surface area contributed by atoms with Gasteiger partial charge in [0.1, 0.15) is 0 Å². The van der Waals surface area contributed by atoms with E-state index in [1.54, 1.807) is 0 Å². The summed E-state index contributed by atoms with van der Waals surface area (Å²) in [5.41, 5.74) is 6.30. The van der Waals surface area contributed by atoms with Gasteiger partial charge in [0.25, 0.3) is 0 Å². The van der Waals surface area contributed by atoms with E-state index in [4.69, 9.17) is 11.6 Å². The molecule has 1 atom stereocenters. The lowest BCUT2D eigenvalue weighted by molar-refractivity contribution is 1.03. The van der Waals surface area contributed by atoms with Crippen LogP contribution >= 0.6 is 11.6 Å². The van der Waals surface area contributed by atoms with Gasteiger partial charge in [-0.1, -0.05) is 55.0 Å². The van der Waals surface area contributed by atoms with E-state index in [-0.39, 0.29) is 5.38 Å². The van der Waals surface area contributed by atoms with Gasteiger partial charge < -0.3 is 0 Å². The summed E-state index contributed by atoms with van der Waals surface area (Å²) in [4.78, 5) is 0. The Kier molecular flexibility index (Phi) is 4.08. The molecule has 1 heteroatoms. The Balaban J connectivity index is 2.47. The molecule has 0 saturated heterocycles. The number of hydrogen-bond acceptors (Lipinski definition) is 0. The molecule has 0 amide bonds. The predicted octanol–water partition coefficient (Wildman–Crippen LogP) is 5.19. The zero-order valence-corrected chi connectivity index (χ0v) is 12.0. The van der Waals surface area contributed by atoms with Crippen molar-refractivity contribution in [2.45, 2.75) is 32.6 Å². The highest BCUT2D eigenvalue weighted by Crippen LogP contribution is 2.33. The van der Waals surface area contributed by atoms with Crippen molar-refractivity contribution in [2.75, 3.05) is 0 Å². The fourth-order valence-electron chi connectivity index (χ4n) is 2.30. The molecule has 0 aliphatic rings. The molecule has 2 aromatic rings. The Hall–Kier alpha value is -1.27. The molecule has 0 heterocycles. The molecular formula is C17H19Cl. The molecule has 0 bridgehead atoms. The van der Waals surface area contributed by atoms with Crippen LogP contribution < -0.4 is 0 Å². The third-order valence-corrected chi connectivity index (χ3v) is 3.89. The molecule has 0 aliphatic carbocycles. The standard InChI is InChI=1S/C17H19Cl/c1-4-14-7-5-6-8-15(14)17(18)16-11-12(2)9-10-13(16)3/h5-11,17H,4H2,1-3H3. The molecule has 0 nitrogen and oxygen atoms in total. The summed E-state index contributed by atoms with van der Waals surface area (Å²) in [5, 5.41) is -0.0546. The van der Waals surface area contributed by atoms with Crippen LogP contribution in [0.25, 0.3) is 0 Å². The number of hydrogen-bond donors (Lipinski definition) is 0. The minimum Gasteiger partial charge on any atom is -0.113 e. The first-order chi connectivity index (χ1) is 8.63. The maximum absolute atomic E-state index is 6.69. The van der Waals surface area contributed by atoms with Crippen LogP contribution in [0.3, 0.4) is 0 Å². The minimum atomic E-state index is -0.0546. The summed E-state index contributed by atoms with van der Waals surface area (Å²) in [6, 6.07) is 14.9. The van der Waals surface area contributed by atoms with Crippen molar-refractivity contribution in [1.29, 1.82) is 0 Å². The van der Waals surface area contributed by atoms with Crippen LogP contribution in [0, 0.1) is 13.8 Å². The Morgan fingerprint density at radius 2 is 1.72 bits per heavy atom. The molecular weight excluding hydrogens is 240 g/mol. The maximum atomic E-state index is 6.69. The Morgan fingerprint density at radius 1 is 1.00 bits per heavy atom. The third kappa shape index (κ3) is 2.59. The topological polar surface area (TPSA) is 0 Å². The largest absolute Gasteiger partial charge is 0.113 e. The summed E-state index contributed by atoms with van der Waals surface area (Å²) in [6.45, 7) is 6.41. The van der Waals surface area contributed by atoms with E-state index in [9.17, 15) is 0 Å². The number of benzene rings is 2. The number of rotatable bonds is 3. The molecule has 0 aromatic heterocycles. The van der Waals surface area contributed by atoms with Gasteiger partial charge in [-0.3, -0.25) is 0 Å². The predicted molar refractivity (Wildman–Crippen MR) is 79.4 cm³/mol. The van der Waals surface area contributed by atoms with Crippen LogP contribution in [-0.2, 0) is 6.42 Å². The second kappa shape index (κ2) is 5.58. The normalized spacial score (nSPS) is 12.4.